The Kier molecular flexibility index (Phi) is 9.76. The number of rotatable bonds is 12. The van der Waals surface area contributed by atoms with Crippen LogP contribution in [0.25, 0.3) is 11.1 Å². The van der Waals surface area contributed by atoms with Crippen molar-refractivity contribution >= 4 is 45.2 Å². The molecule has 2 heteroatoms. The average molecular weight is 642 g/mol. The van der Waals surface area contributed by atoms with E-state index in [0.717, 1.165) is 11.8 Å². The summed E-state index contributed by atoms with van der Waals surface area (Å²) >= 11 is 5.05. The molecular formula is C29H40I2. The molecule has 0 bridgehead atoms. The van der Waals surface area contributed by atoms with Crippen LogP contribution in [0, 0.1) is 19.0 Å². The van der Waals surface area contributed by atoms with Crippen molar-refractivity contribution in [2.75, 3.05) is 0 Å². The van der Waals surface area contributed by atoms with Crippen molar-refractivity contribution < 1.29 is 0 Å². The molecule has 2 atom stereocenters. The minimum Gasteiger partial charge on any atom is -0.0654 e. The quantitative estimate of drug-likeness (QED) is 0.202. The van der Waals surface area contributed by atoms with Crippen LogP contribution in [-0.4, -0.2) is 0 Å². The maximum Gasteiger partial charge on any atom is 0.0221 e. The number of halogens is 2. The van der Waals surface area contributed by atoms with Crippen molar-refractivity contribution in [3.8, 4) is 11.1 Å². The van der Waals surface area contributed by atoms with Gasteiger partial charge in [0.25, 0.3) is 0 Å². The van der Waals surface area contributed by atoms with E-state index in [-0.39, 0.29) is 5.41 Å². The Morgan fingerprint density at radius 3 is 1.45 bits per heavy atom. The van der Waals surface area contributed by atoms with E-state index < -0.39 is 0 Å². The Bertz CT molecular complexity index is 782. The summed E-state index contributed by atoms with van der Waals surface area (Å²) in [6.07, 6.45) is 13.3. The second-order valence-corrected chi connectivity index (χ2v) is 12.2. The van der Waals surface area contributed by atoms with Gasteiger partial charge in [0.15, 0.2) is 0 Å². The van der Waals surface area contributed by atoms with Crippen LogP contribution in [0.2, 0.25) is 0 Å². The predicted molar refractivity (Wildman–Crippen MR) is 154 cm³/mol. The summed E-state index contributed by atoms with van der Waals surface area (Å²) < 4.78 is 2.76. The largest absolute Gasteiger partial charge is 0.0654 e. The number of fused-ring (bicyclic) bond motifs is 3. The van der Waals surface area contributed by atoms with Crippen molar-refractivity contribution in [2.45, 2.75) is 97.3 Å². The lowest BCUT2D eigenvalue weighted by Crippen LogP contribution is -2.31. The number of hydrogen-bond acceptors (Lipinski definition) is 0. The maximum atomic E-state index is 2.53. The highest BCUT2D eigenvalue weighted by Gasteiger charge is 2.45. The third-order valence-corrected chi connectivity index (χ3v) is 8.99. The van der Waals surface area contributed by atoms with Gasteiger partial charge in [-0.1, -0.05) is 91.2 Å². The average Bonchev–Trinajstić information content (AvgIpc) is 3.02. The summed E-state index contributed by atoms with van der Waals surface area (Å²) in [6, 6.07) is 14.5. The predicted octanol–water partition coefficient (Wildman–Crippen LogP) is 10.4. The van der Waals surface area contributed by atoms with Crippen molar-refractivity contribution in [1.29, 1.82) is 0 Å². The molecule has 0 fully saturated rings. The third-order valence-electron chi connectivity index (χ3n) is 7.65. The molecule has 0 aliphatic heterocycles. The summed E-state index contributed by atoms with van der Waals surface area (Å²) in [6.45, 7) is 9.52. The SMILES string of the molecule is CCCCC(CC)CC1(CC(CC)CCCC)c2cc(I)ccc2-c2ccc(I)cc21. The fourth-order valence-corrected chi connectivity index (χ4v) is 6.82. The normalized spacial score (nSPS) is 16.1. The zero-order valence-corrected chi connectivity index (χ0v) is 24.3. The first-order chi connectivity index (χ1) is 15.0. The van der Waals surface area contributed by atoms with Crippen LogP contribution in [0.1, 0.15) is 103 Å². The van der Waals surface area contributed by atoms with E-state index in [4.69, 9.17) is 0 Å². The minimum absolute atomic E-state index is 0.176. The van der Waals surface area contributed by atoms with Gasteiger partial charge in [-0.15, -0.1) is 0 Å². The third kappa shape index (κ3) is 5.70. The standard InChI is InChI=1S/C29H40I2/c1-5-9-11-21(7-3)19-29(20-22(8-4)12-10-6-2)27-17-23(30)13-15-25(27)26-16-14-24(31)18-28(26)29/h13-18,21-22H,5-12,19-20H2,1-4H3. The van der Waals surface area contributed by atoms with Gasteiger partial charge in [0.1, 0.15) is 0 Å². The molecule has 2 unspecified atom stereocenters. The van der Waals surface area contributed by atoms with Crippen LogP contribution in [0.5, 0.6) is 0 Å². The molecule has 170 valence electrons. The highest BCUT2D eigenvalue weighted by molar-refractivity contribution is 14.1. The molecule has 0 spiro atoms. The lowest BCUT2D eigenvalue weighted by Gasteiger charge is -2.38. The lowest BCUT2D eigenvalue weighted by atomic mass is 9.65. The van der Waals surface area contributed by atoms with Crippen LogP contribution >= 0.6 is 45.2 Å². The Morgan fingerprint density at radius 1 is 0.677 bits per heavy atom. The fourth-order valence-electron chi connectivity index (χ4n) is 5.84. The Morgan fingerprint density at radius 2 is 1.10 bits per heavy atom. The van der Waals surface area contributed by atoms with Crippen LogP contribution in [-0.2, 0) is 5.41 Å². The molecule has 0 heterocycles. The monoisotopic (exact) mass is 642 g/mol. The molecule has 0 saturated heterocycles. The van der Waals surface area contributed by atoms with Crippen molar-refractivity contribution in [1.82, 2.24) is 0 Å². The van der Waals surface area contributed by atoms with E-state index in [1.165, 1.54) is 82.5 Å². The fraction of sp³-hybridized carbons (Fsp3) is 0.586. The molecule has 3 rings (SSSR count). The Hall–Kier alpha value is -0.100. The number of unbranched alkanes of at least 4 members (excludes halogenated alkanes) is 2. The van der Waals surface area contributed by atoms with E-state index in [0.29, 0.717) is 0 Å². The summed E-state index contributed by atoms with van der Waals surface area (Å²) in [7, 11) is 0. The molecular weight excluding hydrogens is 602 g/mol. The number of benzene rings is 2. The van der Waals surface area contributed by atoms with Gasteiger partial charge in [-0.05, 0) is 116 Å². The van der Waals surface area contributed by atoms with Crippen LogP contribution in [0.3, 0.4) is 0 Å². The van der Waals surface area contributed by atoms with Crippen LogP contribution < -0.4 is 0 Å². The topological polar surface area (TPSA) is 0 Å². The molecule has 1 aliphatic carbocycles. The first kappa shape index (κ1) is 25.5. The highest BCUT2D eigenvalue weighted by Crippen LogP contribution is 2.56. The summed E-state index contributed by atoms with van der Waals surface area (Å²) in [5, 5.41) is 0. The van der Waals surface area contributed by atoms with Gasteiger partial charge in [0.05, 0.1) is 0 Å². The smallest absolute Gasteiger partial charge is 0.0221 e. The van der Waals surface area contributed by atoms with E-state index in [2.05, 4.69) is 109 Å². The molecule has 0 amide bonds. The molecule has 2 aromatic rings. The highest BCUT2D eigenvalue weighted by atomic mass is 127. The maximum absolute atomic E-state index is 2.53. The second-order valence-electron chi connectivity index (χ2n) is 9.70. The van der Waals surface area contributed by atoms with Gasteiger partial charge in [-0.25, -0.2) is 0 Å². The van der Waals surface area contributed by atoms with Crippen molar-refractivity contribution in [2.24, 2.45) is 11.8 Å². The van der Waals surface area contributed by atoms with Crippen molar-refractivity contribution in [3.05, 3.63) is 54.7 Å². The Labute approximate surface area is 218 Å². The number of hydrogen-bond donors (Lipinski definition) is 0. The lowest BCUT2D eigenvalue weighted by molar-refractivity contribution is 0.266. The molecule has 0 nitrogen and oxygen atoms in total. The first-order valence-electron chi connectivity index (χ1n) is 12.6. The van der Waals surface area contributed by atoms with E-state index in [9.17, 15) is 0 Å². The van der Waals surface area contributed by atoms with Crippen molar-refractivity contribution in [3.63, 3.8) is 0 Å². The Balaban J connectivity index is 2.16. The summed E-state index contributed by atoms with van der Waals surface area (Å²) in [5.74, 6) is 1.61. The van der Waals surface area contributed by atoms with Gasteiger partial charge in [-0.3, -0.25) is 0 Å². The molecule has 1 aliphatic rings. The molecule has 0 saturated carbocycles. The van der Waals surface area contributed by atoms with E-state index in [1.54, 1.807) is 11.1 Å². The molecule has 31 heavy (non-hydrogen) atoms. The zero-order valence-electron chi connectivity index (χ0n) is 19.9. The summed E-state index contributed by atoms with van der Waals surface area (Å²) in [4.78, 5) is 0. The van der Waals surface area contributed by atoms with E-state index in [1.807, 2.05) is 0 Å². The molecule has 2 aromatic carbocycles. The van der Waals surface area contributed by atoms with Gasteiger partial charge >= 0.3 is 0 Å². The zero-order chi connectivity index (χ0) is 22.4. The van der Waals surface area contributed by atoms with Gasteiger partial charge in [0.2, 0.25) is 0 Å². The summed E-state index contributed by atoms with van der Waals surface area (Å²) in [5.41, 5.74) is 6.43. The van der Waals surface area contributed by atoms with E-state index >= 15 is 0 Å². The van der Waals surface area contributed by atoms with Gasteiger partial charge in [0, 0.05) is 12.6 Å². The molecule has 0 N–H and O–H groups in total. The van der Waals surface area contributed by atoms with Crippen LogP contribution in [0.15, 0.2) is 36.4 Å². The molecule has 0 aromatic heterocycles. The van der Waals surface area contributed by atoms with Crippen LogP contribution in [0.4, 0.5) is 0 Å². The van der Waals surface area contributed by atoms with Gasteiger partial charge in [-0.2, -0.15) is 0 Å². The minimum atomic E-state index is 0.176. The second kappa shape index (κ2) is 11.9. The van der Waals surface area contributed by atoms with Gasteiger partial charge < -0.3 is 0 Å². The first-order valence-corrected chi connectivity index (χ1v) is 14.7. The molecule has 0 radical (unpaired) electrons.